The molecular formula is C18H26N2O3. The predicted molar refractivity (Wildman–Crippen MR) is 89.1 cm³/mol. The Bertz CT molecular complexity index is 508. The number of hydrogen-bond donors (Lipinski definition) is 1. The van der Waals surface area contributed by atoms with Crippen LogP contribution in [0.3, 0.4) is 0 Å². The van der Waals surface area contributed by atoms with Gasteiger partial charge in [-0.2, -0.15) is 0 Å². The zero-order valence-electron chi connectivity index (χ0n) is 14.0. The standard InChI is InChI=1S/C18H26N2O3/c1-14(2)13-23-18(22)20-10-8-16(9-11-20)19-17(21)12-15-6-4-3-5-7-15/h3-7,14,16H,8-13H2,1-2H3,(H,19,21). The average Bonchev–Trinajstić information content (AvgIpc) is 2.54. The molecule has 1 aliphatic rings. The summed E-state index contributed by atoms with van der Waals surface area (Å²) in [6, 6.07) is 9.85. The second kappa shape index (κ2) is 8.56. The maximum atomic E-state index is 12.1. The van der Waals surface area contributed by atoms with Crippen molar-refractivity contribution in [2.24, 2.45) is 5.92 Å². The van der Waals surface area contributed by atoms with Gasteiger partial charge < -0.3 is 15.0 Å². The molecule has 5 heteroatoms. The molecule has 0 atom stereocenters. The molecule has 1 aromatic rings. The maximum absolute atomic E-state index is 12.1. The molecule has 0 unspecified atom stereocenters. The zero-order valence-corrected chi connectivity index (χ0v) is 14.0. The Morgan fingerprint density at radius 3 is 2.48 bits per heavy atom. The van der Waals surface area contributed by atoms with E-state index in [1.54, 1.807) is 4.90 Å². The number of hydrogen-bond acceptors (Lipinski definition) is 3. The molecular weight excluding hydrogens is 292 g/mol. The number of piperidine rings is 1. The minimum absolute atomic E-state index is 0.0389. The number of nitrogens with one attached hydrogen (secondary N) is 1. The highest BCUT2D eigenvalue weighted by Crippen LogP contribution is 2.12. The van der Waals surface area contributed by atoms with Crippen LogP contribution < -0.4 is 5.32 Å². The van der Waals surface area contributed by atoms with Crippen LogP contribution in [0.4, 0.5) is 4.79 Å². The third-order valence-corrected chi connectivity index (χ3v) is 3.87. The van der Waals surface area contributed by atoms with Crippen molar-refractivity contribution in [3.8, 4) is 0 Å². The van der Waals surface area contributed by atoms with Crippen molar-refractivity contribution in [3.05, 3.63) is 35.9 Å². The summed E-state index contributed by atoms with van der Waals surface area (Å²) in [6.07, 6.45) is 1.71. The molecule has 0 aliphatic carbocycles. The Kier molecular flexibility index (Phi) is 6.44. The van der Waals surface area contributed by atoms with Crippen LogP contribution in [0, 0.1) is 5.92 Å². The Morgan fingerprint density at radius 2 is 1.87 bits per heavy atom. The smallest absolute Gasteiger partial charge is 0.409 e. The van der Waals surface area contributed by atoms with Crippen LogP contribution in [0.15, 0.2) is 30.3 Å². The van der Waals surface area contributed by atoms with Crippen molar-refractivity contribution in [2.75, 3.05) is 19.7 Å². The van der Waals surface area contributed by atoms with Gasteiger partial charge in [-0.15, -0.1) is 0 Å². The Labute approximate surface area is 138 Å². The highest BCUT2D eigenvalue weighted by atomic mass is 16.6. The van der Waals surface area contributed by atoms with E-state index in [-0.39, 0.29) is 18.0 Å². The molecule has 1 aromatic carbocycles. The number of benzene rings is 1. The number of likely N-dealkylation sites (tertiary alicyclic amines) is 1. The first kappa shape index (κ1) is 17.3. The molecule has 1 heterocycles. The Hall–Kier alpha value is -2.04. The van der Waals surface area contributed by atoms with E-state index in [9.17, 15) is 9.59 Å². The number of rotatable bonds is 5. The van der Waals surface area contributed by atoms with Crippen molar-refractivity contribution in [2.45, 2.75) is 39.2 Å². The van der Waals surface area contributed by atoms with E-state index in [0.29, 0.717) is 32.0 Å². The van der Waals surface area contributed by atoms with Crippen LogP contribution >= 0.6 is 0 Å². The van der Waals surface area contributed by atoms with E-state index in [0.717, 1.165) is 18.4 Å². The molecule has 0 saturated carbocycles. The van der Waals surface area contributed by atoms with E-state index >= 15 is 0 Å². The van der Waals surface area contributed by atoms with Gasteiger partial charge in [-0.3, -0.25) is 4.79 Å². The van der Waals surface area contributed by atoms with Crippen LogP contribution in [0.1, 0.15) is 32.3 Å². The summed E-state index contributed by atoms with van der Waals surface area (Å²) in [7, 11) is 0. The Morgan fingerprint density at radius 1 is 1.22 bits per heavy atom. The van der Waals surface area contributed by atoms with Gasteiger partial charge >= 0.3 is 6.09 Å². The summed E-state index contributed by atoms with van der Waals surface area (Å²) in [5.41, 5.74) is 1.01. The molecule has 5 nitrogen and oxygen atoms in total. The van der Waals surface area contributed by atoms with Crippen molar-refractivity contribution >= 4 is 12.0 Å². The molecule has 2 rings (SSSR count). The lowest BCUT2D eigenvalue weighted by Crippen LogP contribution is -2.47. The summed E-state index contributed by atoms with van der Waals surface area (Å²) in [4.78, 5) is 25.7. The second-order valence-corrected chi connectivity index (χ2v) is 6.46. The van der Waals surface area contributed by atoms with Crippen molar-refractivity contribution in [1.29, 1.82) is 0 Å². The lowest BCUT2D eigenvalue weighted by atomic mass is 10.0. The zero-order chi connectivity index (χ0) is 16.7. The first-order valence-corrected chi connectivity index (χ1v) is 8.29. The van der Waals surface area contributed by atoms with Gasteiger partial charge in [0.05, 0.1) is 13.0 Å². The molecule has 0 spiro atoms. The van der Waals surface area contributed by atoms with Crippen LogP contribution in [-0.4, -0.2) is 42.6 Å². The van der Waals surface area contributed by atoms with Crippen LogP contribution in [0.5, 0.6) is 0 Å². The van der Waals surface area contributed by atoms with Crippen molar-refractivity contribution in [3.63, 3.8) is 0 Å². The van der Waals surface area contributed by atoms with Gasteiger partial charge in [-0.25, -0.2) is 4.79 Å². The molecule has 1 aliphatic heterocycles. The fourth-order valence-corrected chi connectivity index (χ4v) is 2.60. The third-order valence-electron chi connectivity index (χ3n) is 3.87. The van der Waals surface area contributed by atoms with Crippen LogP contribution in [0.25, 0.3) is 0 Å². The van der Waals surface area contributed by atoms with Crippen molar-refractivity contribution < 1.29 is 14.3 Å². The Balaban J connectivity index is 1.70. The van der Waals surface area contributed by atoms with Crippen LogP contribution in [-0.2, 0) is 16.0 Å². The topological polar surface area (TPSA) is 58.6 Å². The molecule has 126 valence electrons. The van der Waals surface area contributed by atoms with E-state index < -0.39 is 0 Å². The molecule has 2 amide bonds. The van der Waals surface area contributed by atoms with E-state index in [4.69, 9.17) is 4.74 Å². The summed E-state index contributed by atoms with van der Waals surface area (Å²) in [5, 5.41) is 3.06. The molecule has 23 heavy (non-hydrogen) atoms. The van der Waals surface area contributed by atoms with E-state index in [2.05, 4.69) is 5.32 Å². The number of nitrogens with zero attached hydrogens (tertiary/aromatic N) is 1. The third kappa shape index (κ3) is 5.93. The summed E-state index contributed by atoms with van der Waals surface area (Å²) in [5.74, 6) is 0.380. The van der Waals surface area contributed by atoms with Crippen molar-refractivity contribution in [1.82, 2.24) is 10.2 Å². The highest BCUT2D eigenvalue weighted by molar-refractivity contribution is 5.78. The molecule has 1 saturated heterocycles. The molecule has 1 fully saturated rings. The predicted octanol–water partition coefficient (Wildman–Crippen LogP) is 2.60. The number of ether oxygens (including phenoxy) is 1. The monoisotopic (exact) mass is 318 g/mol. The summed E-state index contributed by atoms with van der Waals surface area (Å²) < 4.78 is 5.24. The highest BCUT2D eigenvalue weighted by Gasteiger charge is 2.24. The minimum Gasteiger partial charge on any atom is -0.449 e. The minimum atomic E-state index is -0.243. The van der Waals surface area contributed by atoms with Gasteiger partial charge in [-0.1, -0.05) is 44.2 Å². The number of carbonyl (C=O) groups is 2. The van der Waals surface area contributed by atoms with Gasteiger partial charge in [0.25, 0.3) is 0 Å². The van der Waals surface area contributed by atoms with Gasteiger partial charge in [0.1, 0.15) is 0 Å². The van der Waals surface area contributed by atoms with Crippen LogP contribution in [0.2, 0.25) is 0 Å². The van der Waals surface area contributed by atoms with Gasteiger partial charge in [0.2, 0.25) is 5.91 Å². The SMILES string of the molecule is CC(C)COC(=O)N1CCC(NC(=O)Cc2ccccc2)CC1. The van der Waals surface area contributed by atoms with E-state index in [1.165, 1.54) is 0 Å². The maximum Gasteiger partial charge on any atom is 0.409 e. The number of amides is 2. The molecule has 0 aromatic heterocycles. The van der Waals surface area contributed by atoms with Gasteiger partial charge in [0, 0.05) is 19.1 Å². The van der Waals surface area contributed by atoms with Gasteiger partial charge in [-0.05, 0) is 24.3 Å². The fourth-order valence-electron chi connectivity index (χ4n) is 2.60. The van der Waals surface area contributed by atoms with Gasteiger partial charge in [0.15, 0.2) is 0 Å². The average molecular weight is 318 g/mol. The lowest BCUT2D eigenvalue weighted by Gasteiger charge is -2.31. The molecule has 0 bridgehead atoms. The summed E-state index contributed by atoms with van der Waals surface area (Å²) in [6.45, 7) is 5.75. The molecule has 1 N–H and O–H groups in total. The second-order valence-electron chi connectivity index (χ2n) is 6.46. The normalized spacial score (nSPS) is 15.5. The van der Waals surface area contributed by atoms with E-state index in [1.807, 2.05) is 44.2 Å². The lowest BCUT2D eigenvalue weighted by molar-refractivity contribution is -0.121. The number of carbonyl (C=O) groups excluding carboxylic acids is 2. The fraction of sp³-hybridized carbons (Fsp3) is 0.556. The first-order chi connectivity index (χ1) is 11.0. The summed E-state index contributed by atoms with van der Waals surface area (Å²) >= 11 is 0. The largest absolute Gasteiger partial charge is 0.449 e. The quantitative estimate of drug-likeness (QED) is 0.908. The first-order valence-electron chi connectivity index (χ1n) is 8.29. The molecule has 0 radical (unpaired) electrons.